The molecule has 0 bridgehead atoms. The third kappa shape index (κ3) is 4.08. The molecule has 0 radical (unpaired) electrons. The molecular weight excluding hydrogens is 266 g/mol. The van der Waals surface area contributed by atoms with Crippen molar-refractivity contribution in [3.05, 3.63) is 29.8 Å². The minimum atomic E-state index is -2.96. The van der Waals surface area contributed by atoms with E-state index < -0.39 is 15.9 Å². The van der Waals surface area contributed by atoms with E-state index in [9.17, 15) is 8.78 Å². The average molecular weight is 286 g/mol. The lowest BCUT2D eigenvalue weighted by atomic mass is 9.91. The van der Waals surface area contributed by atoms with Crippen LogP contribution in [-0.2, 0) is 17.1 Å². The summed E-state index contributed by atoms with van der Waals surface area (Å²) in [6.45, 7) is 2.91. The predicted octanol–water partition coefficient (Wildman–Crippen LogP) is 3.58. The highest BCUT2D eigenvalue weighted by Crippen LogP contribution is 2.26. The molecule has 1 aromatic carbocycles. The molecule has 2 N–H and O–H groups in total. The standard InChI is InChI=1S/C14H20F2N2S/c1-14(15,16)19(17)13-4-2-3-12(10-13)9-11-5-7-18-8-6-11/h2-4,10-11,17-18H,5-9H2,1H3. The second-order valence-electron chi connectivity index (χ2n) is 5.16. The fourth-order valence-electron chi connectivity index (χ4n) is 2.43. The summed E-state index contributed by atoms with van der Waals surface area (Å²) >= 11 is 0. The van der Waals surface area contributed by atoms with Crippen LogP contribution in [0.3, 0.4) is 0 Å². The van der Waals surface area contributed by atoms with Gasteiger partial charge >= 0.3 is 5.25 Å². The van der Waals surface area contributed by atoms with Crippen molar-refractivity contribution in [1.82, 2.24) is 5.32 Å². The molecule has 1 aromatic rings. The van der Waals surface area contributed by atoms with Crippen LogP contribution < -0.4 is 5.32 Å². The molecule has 1 saturated heterocycles. The summed E-state index contributed by atoms with van der Waals surface area (Å²) in [7, 11) is -1.76. The Morgan fingerprint density at radius 2 is 2.05 bits per heavy atom. The van der Waals surface area contributed by atoms with E-state index in [4.69, 9.17) is 4.78 Å². The number of nitrogens with one attached hydrogen (secondary N) is 2. The Morgan fingerprint density at radius 3 is 2.68 bits per heavy atom. The fourth-order valence-corrected chi connectivity index (χ4v) is 3.32. The van der Waals surface area contributed by atoms with Gasteiger partial charge in [0.05, 0.1) is 0 Å². The summed E-state index contributed by atoms with van der Waals surface area (Å²) in [6, 6.07) is 7.21. The van der Waals surface area contributed by atoms with Crippen molar-refractivity contribution in [3.8, 4) is 0 Å². The zero-order valence-electron chi connectivity index (χ0n) is 11.1. The maximum Gasteiger partial charge on any atom is 0.304 e. The molecule has 0 aromatic heterocycles. The molecule has 2 nitrogen and oxygen atoms in total. The lowest BCUT2D eigenvalue weighted by Crippen LogP contribution is -2.28. The Labute approximate surface area is 115 Å². The van der Waals surface area contributed by atoms with Crippen molar-refractivity contribution in [3.63, 3.8) is 0 Å². The van der Waals surface area contributed by atoms with Crippen molar-refractivity contribution in [2.45, 2.75) is 36.3 Å². The van der Waals surface area contributed by atoms with Crippen LogP contribution in [0.25, 0.3) is 0 Å². The summed E-state index contributed by atoms with van der Waals surface area (Å²) in [5.41, 5.74) is 1.08. The first-order valence-electron chi connectivity index (χ1n) is 6.60. The Balaban J connectivity index is 2.08. The van der Waals surface area contributed by atoms with Crippen LogP contribution in [0.1, 0.15) is 25.3 Å². The molecule has 106 valence electrons. The quantitative estimate of drug-likeness (QED) is 0.872. The van der Waals surface area contributed by atoms with Crippen molar-refractivity contribution in [1.29, 1.82) is 4.78 Å². The van der Waals surface area contributed by atoms with Crippen LogP contribution >= 0.6 is 0 Å². The van der Waals surface area contributed by atoms with Crippen LogP contribution in [-0.4, -0.2) is 18.3 Å². The van der Waals surface area contributed by atoms with Gasteiger partial charge in [0, 0.05) is 11.8 Å². The number of alkyl halides is 2. The molecule has 0 spiro atoms. The molecule has 2 rings (SSSR count). The van der Waals surface area contributed by atoms with E-state index in [1.807, 2.05) is 6.07 Å². The topological polar surface area (TPSA) is 35.9 Å². The van der Waals surface area contributed by atoms with Crippen LogP contribution in [0.2, 0.25) is 0 Å². The van der Waals surface area contributed by atoms with E-state index in [0.717, 1.165) is 44.8 Å². The third-order valence-corrected chi connectivity index (χ3v) is 4.92. The lowest BCUT2D eigenvalue weighted by molar-refractivity contribution is 0.125. The van der Waals surface area contributed by atoms with Gasteiger partial charge < -0.3 is 5.32 Å². The second kappa shape index (κ2) is 6.09. The largest absolute Gasteiger partial charge is 0.317 e. The summed E-state index contributed by atoms with van der Waals surface area (Å²) in [4.78, 5) is 0.443. The number of benzene rings is 1. The highest BCUT2D eigenvalue weighted by molar-refractivity contribution is 7.87. The van der Waals surface area contributed by atoms with E-state index in [-0.39, 0.29) is 0 Å². The van der Waals surface area contributed by atoms with Gasteiger partial charge in [-0.2, -0.15) is 8.78 Å². The van der Waals surface area contributed by atoms with Crippen molar-refractivity contribution in [2.24, 2.45) is 5.92 Å². The van der Waals surface area contributed by atoms with Gasteiger partial charge in [-0.05, 0) is 66.7 Å². The van der Waals surface area contributed by atoms with Crippen LogP contribution in [0.4, 0.5) is 8.78 Å². The van der Waals surface area contributed by atoms with Gasteiger partial charge in [-0.15, -0.1) is 0 Å². The zero-order chi connectivity index (χ0) is 13.9. The molecule has 1 fully saturated rings. The molecule has 5 heteroatoms. The smallest absolute Gasteiger partial charge is 0.304 e. The molecule has 0 aliphatic carbocycles. The minimum Gasteiger partial charge on any atom is -0.317 e. The maximum absolute atomic E-state index is 13.2. The molecule has 0 amide bonds. The number of piperidine rings is 1. The summed E-state index contributed by atoms with van der Waals surface area (Å²) in [5, 5.41) is 0.357. The highest BCUT2D eigenvalue weighted by atomic mass is 32.2. The third-order valence-electron chi connectivity index (χ3n) is 3.48. The second-order valence-corrected chi connectivity index (χ2v) is 6.96. The molecule has 1 atom stereocenters. The predicted molar refractivity (Wildman–Crippen MR) is 74.7 cm³/mol. The SMILES string of the molecule is CC(F)(F)S(=N)c1cccc(CC2CCNCC2)c1. The number of hydrogen-bond acceptors (Lipinski definition) is 2. The van der Waals surface area contributed by atoms with Gasteiger partial charge in [-0.1, -0.05) is 12.1 Å². The Morgan fingerprint density at radius 1 is 1.37 bits per heavy atom. The normalized spacial score (nSPS) is 19.3. The van der Waals surface area contributed by atoms with Gasteiger partial charge in [0.2, 0.25) is 0 Å². The molecule has 19 heavy (non-hydrogen) atoms. The first kappa shape index (κ1) is 14.6. The summed E-state index contributed by atoms with van der Waals surface area (Å²) in [5.74, 6) is 0.631. The number of rotatable bonds is 4. The van der Waals surface area contributed by atoms with Gasteiger partial charge in [0.25, 0.3) is 0 Å². The zero-order valence-corrected chi connectivity index (χ0v) is 11.9. The Hall–Kier alpha value is -0.810. The first-order valence-corrected chi connectivity index (χ1v) is 7.82. The van der Waals surface area contributed by atoms with Gasteiger partial charge in [0.1, 0.15) is 0 Å². The fraction of sp³-hybridized carbons (Fsp3) is 0.571. The van der Waals surface area contributed by atoms with E-state index in [1.54, 1.807) is 18.2 Å². The highest BCUT2D eigenvalue weighted by Gasteiger charge is 2.28. The summed E-state index contributed by atoms with van der Waals surface area (Å²) < 4.78 is 34.1. The molecule has 1 aliphatic heterocycles. The Bertz CT molecular complexity index is 451. The molecule has 1 heterocycles. The van der Waals surface area contributed by atoms with E-state index in [0.29, 0.717) is 10.8 Å². The first-order chi connectivity index (χ1) is 8.97. The van der Waals surface area contributed by atoms with E-state index in [1.165, 1.54) is 0 Å². The van der Waals surface area contributed by atoms with E-state index >= 15 is 0 Å². The molecule has 0 saturated carbocycles. The van der Waals surface area contributed by atoms with Crippen molar-refractivity contribution < 1.29 is 8.78 Å². The van der Waals surface area contributed by atoms with E-state index in [2.05, 4.69) is 5.32 Å². The van der Waals surface area contributed by atoms with Crippen molar-refractivity contribution in [2.75, 3.05) is 13.1 Å². The van der Waals surface area contributed by atoms with Gasteiger partial charge in [0.15, 0.2) is 0 Å². The lowest BCUT2D eigenvalue weighted by Gasteiger charge is -2.23. The maximum atomic E-state index is 13.2. The number of hydrogen-bond donors (Lipinski definition) is 2. The van der Waals surface area contributed by atoms with Crippen LogP contribution in [0.5, 0.6) is 0 Å². The molecule has 1 aliphatic rings. The monoisotopic (exact) mass is 286 g/mol. The number of halogens is 2. The molecular formula is C14H20F2N2S. The Kier molecular flexibility index (Phi) is 4.68. The molecule has 1 unspecified atom stereocenters. The van der Waals surface area contributed by atoms with Crippen LogP contribution in [0.15, 0.2) is 29.2 Å². The van der Waals surface area contributed by atoms with Crippen molar-refractivity contribution >= 4 is 10.7 Å². The van der Waals surface area contributed by atoms with Gasteiger partial charge in [-0.3, -0.25) is 4.78 Å². The summed E-state index contributed by atoms with van der Waals surface area (Å²) in [6.07, 6.45) is 3.21. The van der Waals surface area contributed by atoms with Crippen LogP contribution in [0, 0.1) is 10.7 Å². The minimum absolute atomic E-state index is 0.443. The van der Waals surface area contributed by atoms with Gasteiger partial charge in [-0.25, -0.2) is 0 Å². The average Bonchev–Trinajstić information content (AvgIpc) is 2.38.